The number of carboxylic acids is 1. The van der Waals surface area contributed by atoms with E-state index in [1.807, 2.05) is 56.7 Å². The molecule has 4 aromatic rings. The number of ether oxygens (including phenoxy) is 3. The number of nitrogens with zero attached hydrogens (tertiary/aromatic N) is 6. The third-order valence-corrected chi connectivity index (χ3v) is 16.5. The van der Waals surface area contributed by atoms with Gasteiger partial charge in [-0.25, -0.2) is 0 Å². The van der Waals surface area contributed by atoms with Gasteiger partial charge in [-0.3, -0.25) is 24.2 Å². The number of piperidine rings is 2. The van der Waals surface area contributed by atoms with Crippen molar-refractivity contribution in [3.05, 3.63) is 95.1 Å². The van der Waals surface area contributed by atoms with Crippen LogP contribution < -0.4 is 4.74 Å². The lowest BCUT2D eigenvalue weighted by Gasteiger charge is -2.65. The van der Waals surface area contributed by atoms with E-state index in [2.05, 4.69) is 55.7 Å². The highest BCUT2D eigenvalue weighted by atomic mass is 16.5. The molecule has 6 atom stereocenters. The Morgan fingerprint density at radius 1 is 0.719 bits per heavy atom. The van der Waals surface area contributed by atoms with Gasteiger partial charge in [-0.2, -0.15) is 4.68 Å². The molecule has 3 aromatic carbocycles. The Morgan fingerprint density at radius 2 is 1.27 bits per heavy atom. The number of carboxylic acid groups (broad SMARTS) is 1. The summed E-state index contributed by atoms with van der Waals surface area (Å²) in [5.41, 5.74) is 4.94. The first kappa shape index (κ1) is 43.1. The number of fused-ring (bicyclic) bond motifs is 2. The van der Waals surface area contributed by atoms with Crippen LogP contribution in [-0.4, -0.2) is 116 Å². The minimum atomic E-state index is -0.833. The van der Waals surface area contributed by atoms with Crippen LogP contribution in [0.4, 0.5) is 0 Å². The van der Waals surface area contributed by atoms with Gasteiger partial charge in [-0.05, 0) is 134 Å². The second-order valence-electron chi connectivity index (χ2n) is 19.9. The molecule has 0 radical (unpaired) electrons. The summed E-state index contributed by atoms with van der Waals surface area (Å²) < 4.78 is 21.1. The maximum absolute atomic E-state index is 13.1. The van der Waals surface area contributed by atoms with Gasteiger partial charge in [0.1, 0.15) is 17.3 Å². The van der Waals surface area contributed by atoms with Gasteiger partial charge in [0.2, 0.25) is 0 Å². The molecule has 0 amide bonds. The summed E-state index contributed by atoms with van der Waals surface area (Å²) in [5, 5.41) is 19.7. The number of ketones is 2. The average molecular weight is 871 g/mol. The van der Waals surface area contributed by atoms with E-state index >= 15 is 0 Å². The second kappa shape index (κ2) is 16.9. The van der Waals surface area contributed by atoms with Crippen LogP contribution in [0.1, 0.15) is 106 Å². The number of carbonyl (C=O) groups excluding carboxylic acids is 2. The van der Waals surface area contributed by atoms with Crippen molar-refractivity contribution in [2.45, 2.75) is 131 Å². The highest BCUT2D eigenvalue weighted by Crippen LogP contribution is 2.62. The third kappa shape index (κ3) is 7.21. The van der Waals surface area contributed by atoms with Gasteiger partial charge in [0.25, 0.3) is 5.97 Å². The fourth-order valence-electron chi connectivity index (χ4n) is 13.5. The molecule has 64 heavy (non-hydrogen) atoms. The fraction of sp³-hybridized carbons (Fsp3) is 0.569. The molecule has 338 valence electrons. The number of aliphatic carboxylic acids is 1. The zero-order chi connectivity index (χ0) is 44.3. The van der Waals surface area contributed by atoms with Crippen LogP contribution in [-0.2, 0) is 47.5 Å². The number of hydrogen-bond donors (Lipinski definition) is 1. The van der Waals surface area contributed by atoms with Crippen LogP contribution in [0.15, 0.2) is 72.8 Å². The molecule has 13 heteroatoms. The molecule has 13 nitrogen and oxygen atoms in total. The zero-order valence-electron chi connectivity index (χ0n) is 37.5. The van der Waals surface area contributed by atoms with Crippen LogP contribution in [0.25, 0.3) is 5.69 Å². The van der Waals surface area contributed by atoms with Gasteiger partial charge in [0.15, 0.2) is 0 Å². The summed E-state index contributed by atoms with van der Waals surface area (Å²) in [6, 6.07) is 25.8. The number of rotatable bonds is 9. The predicted molar refractivity (Wildman–Crippen MR) is 239 cm³/mol. The second-order valence-corrected chi connectivity index (χ2v) is 19.9. The van der Waals surface area contributed by atoms with E-state index in [9.17, 15) is 9.59 Å². The Hall–Kier alpha value is -4.82. The van der Waals surface area contributed by atoms with E-state index in [0.717, 1.165) is 93.9 Å². The van der Waals surface area contributed by atoms with Gasteiger partial charge < -0.3 is 19.3 Å². The highest BCUT2D eigenvalue weighted by Gasteiger charge is 2.68. The molecule has 1 N–H and O–H groups in total. The van der Waals surface area contributed by atoms with Crippen molar-refractivity contribution in [2.75, 3.05) is 40.4 Å². The summed E-state index contributed by atoms with van der Waals surface area (Å²) >= 11 is 0. The Bertz CT molecular complexity index is 2400. The van der Waals surface area contributed by atoms with E-state index in [-0.39, 0.29) is 17.1 Å². The minimum Gasteiger partial charge on any atom is -0.481 e. The smallest absolute Gasteiger partial charge is 0.345 e. The number of hydrogen-bond acceptors (Lipinski definition) is 11. The number of likely N-dealkylation sites (tertiary alicyclic amines) is 2. The number of benzene rings is 3. The van der Waals surface area contributed by atoms with Crippen LogP contribution in [0.3, 0.4) is 0 Å². The fourth-order valence-corrected chi connectivity index (χ4v) is 13.5. The van der Waals surface area contributed by atoms with Crippen LogP contribution in [0.5, 0.6) is 11.8 Å². The van der Waals surface area contributed by atoms with Crippen molar-refractivity contribution in [3.8, 4) is 17.4 Å². The molecule has 2 unspecified atom stereocenters. The summed E-state index contributed by atoms with van der Waals surface area (Å²) in [5.74, 6) is 2.34. The Morgan fingerprint density at radius 3 is 1.89 bits per heavy atom. The van der Waals surface area contributed by atoms with Crippen molar-refractivity contribution in [2.24, 2.45) is 11.8 Å². The topological polar surface area (TPSA) is 149 Å². The third-order valence-electron chi connectivity index (χ3n) is 16.5. The maximum atomic E-state index is 13.1. The molecule has 0 spiro atoms. The van der Waals surface area contributed by atoms with Gasteiger partial charge >= 0.3 is 6.01 Å². The van der Waals surface area contributed by atoms with E-state index in [4.69, 9.17) is 24.1 Å². The number of aromatic nitrogens is 4. The maximum Gasteiger partial charge on any atom is 0.345 e. The molecular formula is C51H62N6O7. The first-order valence-electron chi connectivity index (χ1n) is 23.6. The molecule has 8 aliphatic rings. The Kier molecular flexibility index (Phi) is 11.4. The molecule has 12 rings (SSSR count). The molecular weight excluding hydrogens is 809 g/mol. The largest absolute Gasteiger partial charge is 0.481 e. The van der Waals surface area contributed by atoms with Crippen molar-refractivity contribution in [1.29, 1.82) is 0 Å². The minimum absolute atomic E-state index is 0.101. The summed E-state index contributed by atoms with van der Waals surface area (Å²) in [7, 11) is 3.74. The Balaban J connectivity index is 0.000000149. The quantitative estimate of drug-likeness (QED) is 0.184. The van der Waals surface area contributed by atoms with Crippen LogP contribution in [0, 0.1) is 11.8 Å². The van der Waals surface area contributed by atoms with Gasteiger partial charge in [0, 0.05) is 88.4 Å². The first-order valence-corrected chi connectivity index (χ1v) is 23.6. The lowest BCUT2D eigenvalue weighted by molar-refractivity contribution is -0.188. The van der Waals surface area contributed by atoms with Crippen molar-refractivity contribution in [1.82, 2.24) is 30.0 Å². The monoisotopic (exact) mass is 870 g/mol. The molecule has 1 aromatic heterocycles. The summed E-state index contributed by atoms with van der Waals surface area (Å²) in [6.07, 6.45) is 13.4. The number of carbonyl (C=O) groups is 3. The number of Topliss-reactive ketones (excluding diaryl/α,β-unsaturated/α-hetero) is 2. The molecule has 6 fully saturated rings. The van der Waals surface area contributed by atoms with Crippen molar-refractivity contribution >= 4 is 17.5 Å². The number of tetrazole rings is 1. The average Bonchev–Trinajstić information content (AvgIpc) is 4.24. The van der Waals surface area contributed by atoms with Crippen LogP contribution in [0.2, 0.25) is 0 Å². The lowest BCUT2D eigenvalue weighted by atomic mass is 9.49. The molecule has 4 bridgehead atoms. The first-order chi connectivity index (χ1) is 31.0. The summed E-state index contributed by atoms with van der Waals surface area (Å²) in [4.78, 5) is 39.9. The van der Waals surface area contributed by atoms with E-state index in [1.54, 1.807) is 4.68 Å². The van der Waals surface area contributed by atoms with Gasteiger partial charge in [-0.1, -0.05) is 59.7 Å². The summed E-state index contributed by atoms with van der Waals surface area (Å²) in [6.45, 7) is 5.54. The number of para-hydroxylation sites is 1. The predicted octanol–water partition coefficient (Wildman–Crippen LogP) is 7.06. The lowest BCUT2D eigenvalue weighted by Crippen LogP contribution is -2.74. The van der Waals surface area contributed by atoms with Crippen LogP contribution >= 0.6 is 0 Å². The molecule has 3 heterocycles. The zero-order valence-corrected chi connectivity index (χ0v) is 37.5. The molecule has 2 saturated heterocycles. The van der Waals surface area contributed by atoms with Gasteiger partial charge in [0.05, 0.1) is 16.9 Å². The molecule has 6 aliphatic carbocycles. The number of methoxy groups -OCH3 is 2. The van der Waals surface area contributed by atoms with Crippen molar-refractivity contribution in [3.63, 3.8) is 0 Å². The van der Waals surface area contributed by atoms with E-state index in [1.165, 1.54) is 48.9 Å². The van der Waals surface area contributed by atoms with E-state index in [0.29, 0.717) is 49.3 Å². The highest BCUT2D eigenvalue weighted by molar-refractivity contribution is 5.83. The van der Waals surface area contributed by atoms with Crippen molar-refractivity contribution < 1.29 is 33.7 Å². The SMILES string of the molecule is CC(=O)O.CO[C@@]12CCC(=O)C[C@@]13CCN(CC1CC1)C2Cc1cccc(Oc2nnnn2-c2ccccc2)c13.CO[C@@]12CCC(=O)C[C@@]13CCN(CC1CC1)C2Cc1ccccc13. The molecule has 2 aliphatic heterocycles. The Labute approximate surface area is 375 Å². The van der Waals surface area contributed by atoms with Gasteiger partial charge in [-0.15, -0.1) is 0 Å². The standard InChI is InChI=1S/C28H31N5O3.C21H27NO2.C2H4O2/c1-35-28-13-12-22(34)17-27(28)14-15-32(18-19-10-11-19)24(28)16-20-6-5-9-23(25(20)27)36-26-29-30-31-33(26)21-7-3-2-4-8-21;1-24-21-9-8-17(23)13-20(21)10-11-22(14-15-6-7-15)19(21)12-16-4-2-3-5-18(16)20;1-2(3)4/h2-9,19,24H,10-18H2,1H3;2-5,15,19H,6-14H2,1H3;1H3,(H,3,4)/t24?,27-,28-;19?,20-,21-;/m11./s1. The normalized spacial score (nSPS) is 31.4. The molecule has 4 saturated carbocycles. The van der Waals surface area contributed by atoms with E-state index < -0.39 is 17.0 Å².